The molecular weight excluding hydrogens is 478 g/mol. The Morgan fingerprint density at radius 3 is 2.67 bits per heavy atom. The maximum atomic E-state index is 13.3. The molecule has 0 amide bonds. The molecule has 0 fully saturated rings. The maximum absolute atomic E-state index is 13.3. The first-order chi connectivity index (χ1) is 15.9. The van der Waals surface area contributed by atoms with Crippen molar-refractivity contribution >= 4 is 33.0 Å². The minimum Gasteiger partial charge on any atom is -0.489 e. The third-order valence-electron chi connectivity index (χ3n) is 5.59. The molecule has 5 nitrogen and oxygen atoms in total. The molecule has 0 radical (unpaired) electrons. The van der Waals surface area contributed by atoms with E-state index in [4.69, 9.17) is 9.72 Å². The predicted octanol–water partition coefficient (Wildman–Crippen LogP) is 6.44. The van der Waals surface area contributed by atoms with Crippen LogP contribution in [-0.2, 0) is 6.61 Å². The van der Waals surface area contributed by atoms with Crippen LogP contribution in [0, 0.1) is 6.92 Å². The number of hydrogen-bond donors (Lipinski definition) is 0. The Labute approximate surface area is 201 Å². The lowest BCUT2D eigenvalue weighted by molar-refractivity contribution is 0.306. The highest BCUT2D eigenvalue weighted by atomic mass is 79.9. The molecule has 168 valence electrons. The van der Waals surface area contributed by atoms with E-state index < -0.39 is 0 Å². The van der Waals surface area contributed by atoms with Crippen LogP contribution in [0.1, 0.15) is 48.7 Å². The standard InChI is InChI=1S/C27H26BrN3O2/c1-4-19(3)26-30-25-13-12-22(28)15-24(25)27(32)31(26)29-16-21-6-5-7-23(14-21)33-17-20-10-8-18(2)9-11-20/h5-16,19H,4,17H2,1-3H3/t19-/m1/s1. The summed E-state index contributed by atoms with van der Waals surface area (Å²) >= 11 is 3.44. The molecule has 6 heteroatoms. The number of halogens is 1. The van der Waals surface area contributed by atoms with E-state index in [0.29, 0.717) is 23.3 Å². The highest BCUT2D eigenvalue weighted by Gasteiger charge is 2.15. The molecule has 0 spiro atoms. The van der Waals surface area contributed by atoms with Gasteiger partial charge in [-0.05, 0) is 54.8 Å². The van der Waals surface area contributed by atoms with Crippen LogP contribution in [0.15, 0.2) is 81.1 Å². The molecule has 33 heavy (non-hydrogen) atoms. The van der Waals surface area contributed by atoms with Crippen molar-refractivity contribution < 1.29 is 4.74 Å². The largest absolute Gasteiger partial charge is 0.489 e. The summed E-state index contributed by atoms with van der Waals surface area (Å²) in [6.45, 7) is 6.68. The molecule has 1 heterocycles. The van der Waals surface area contributed by atoms with Crippen molar-refractivity contribution in [1.29, 1.82) is 0 Å². The molecular formula is C27H26BrN3O2. The molecule has 1 aromatic heterocycles. The minimum atomic E-state index is -0.181. The molecule has 0 aliphatic rings. The quantitative estimate of drug-likeness (QED) is 0.272. The monoisotopic (exact) mass is 503 g/mol. The zero-order valence-corrected chi connectivity index (χ0v) is 20.5. The highest BCUT2D eigenvalue weighted by Crippen LogP contribution is 2.21. The van der Waals surface area contributed by atoms with Crippen molar-refractivity contribution in [2.24, 2.45) is 5.10 Å². The number of aryl methyl sites for hydroxylation is 1. The van der Waals surface area contributed by atoms with Crippen LogP contribution < -0.4 is 10.3 Å². The lowest BCUT2D eigenvalue weighted by atomic mass is 10.1. The third-order valence-corrected chi connectivity index (χ3v) is 6.09. The minimum absolute atomic E-state index is 0.0899. The number of ether oxygens (including phenoxy) is 1. The fourth-order valence-electron chi connectivity index (χ4n) is 3.44. The molecule has 0 aliphatic heterocycles. The molecule has 0 saturated heterocycles. The summed E-state index contributed by atoms with van der Waals surface area (Å²) < 4.78 is 8.20. The Bertz CT molecular complexity index is 1360. The molecule has 3 aromatic carbocycles. The van der Waals surface area contributed by atoms with E-state index in [1.807, 2.05) is 36.4 Å². The fourth-order valence-corrected chi connectivity index (χ4v) is 3.80. The van der Waals surface area contributed by atoms with Gasteiger partial charge in [-0.2, -0.15) is 9.78 Å². The molecule has 0 saturated carbocycles. The topological polar surface area (TPSA) is 56.5 Å². The van der Waals surface area contributed by atoms with Gasteiger partial charge >= 0.3 is 0 Å². The van der Waals surface area contributed by atoms with E-state index in [9.17, 15) is 4.79 Å². The molecule has 0 unspecified atom stereocenters. The van der Waals surface area contributed by atoms with Crippen molar-refractivity contribution in [3.63, 3.8) is 0 Å². The normalized spacial score (nSPS) is 12.4. The zero-order valence-electron chi connectivity index (χ0n) is 19.0. The van der Waals surface area contributed by atoms with Gasteiger partial charge in [0.15, 0.2) is 0 Å². The number of nitrogens with zero attached hydrogens (tertiary/aromatic N) is 3. The van der Waals surface area contributed by atoms with E-state index in [1.54, 1.807) is 12.3 Å². The second kappa shape index (κ2) is 10.1. The molecule has 0 bridgehead atoms. The maximum Gasteiger partial charge on any atom is 0.282 e. The van der Waals surface area contributed by atoms with Gasteiger partial charge in [-0.3, -0.25) is 4.79 Å². The summed E-state index contributed by atoms with van der Waals surface area (Å²) in [6, 6.07) is 21.5. The summed E-state index contributed by atoms with van der Waals surface area (Å²) in [4.78, 5) is 18.0. The average Bonchev–Trinajstić information content (AvgIpc) is 2.83. The fraction of sp³-hybridized carbons (Fsp3) is 0.222. The van der Waals surface area contributed by atoms with Gasteiger partial charge in [-0.15, -0.1) is 0 Å². The smallest absolute Gasteiger partial charge is 0.282 e. The van der Waals surface area contributed by atoms with Gasteiger partial charge in [-0.25, -0.2) is 4.98 Å². The van der Waals surface area contributed by atoms with E-state index in [0.717, 1.165) is 27.8 Å². The first-order valence-corrected chi connectivity index (χ1v) is 11.8. The SMILES string of the molecule is CC[C@@H](C)c1nc2ccc(Br)cc2c(=O)n1N=Cc1cccc(OCc2ccc(C)cc2)c1. The Hall–Kier alpha value is -3.25. The van der Waals surface area contributed by atoms with Crippen molar-refractivity contribution in [3.05, 3.63) is 104 Å². The summed E-state index contributed by atoms with van der Waals surface area (Å²) in [5.74, 6) is 1.49. The van der Waals surface area contributed by atoms with E-state index in [2.05, 4.69) is 66.1 Å². The first-order valence-electron chi connectivity index (χ1n) is 11.0. The van der Waals surface area contributed by atoms with Crippen LogP contribution >= 0.6 is 15.9 Å². The predicted molar refractivity (Wildman–Crippen MR) is 137 cm³/mol. The number of fused-ring (bicyclic) bond motifs is 1. The number of rotatable bonds is 7. The van der Waals surface area contributed by atoms with Gasteiger partial charge in [0.2, 0.25) is 0 Å². The Balaban J connectivity index is 1.63. The van der Waals surface area contributed by atoms with Crippen LogP contribution in [-0.4, -0.2) is 15.9 Å². The lowest BCUT2D eigenvalue weighted by Gasteiger charge is -2.14. The van der Waals surface area contributed by atoms with Crippen molar-refractivity contribution in [2.75, 3.05) is 0 Å². The van der Waals surface area contributed by atoms with Crippen LogP contribution in [0.25, 0.3) is 10.9 Å². The van der Waals surface area contributed by atoms with Crippen LogP contribution in [0.5, 0.6) is 5.75 Å². The molecule has 4 rings (SSSR count). The molecule has 1 atom stereocenters. The van der Waals surface area contributed by atoms with Gasteiger partial charge in [0.1, 0.15) is 18.2 Å². The molecule has 4 aromatic rings. The average molecular weight is 504 g/mol. The highest BCUT2D eigenvalue weighted by molar-refractivity contribution is 9.10. The van der Waals surface area contributed by atoms with Crippen molar-refractivity contribution in [1.82, 2.24) is 9.66 Å². The summed E-state index contributed by atoms with van der Waals surface area (Å²) in [5.41, 5.74) is 3.67. The summed E-state index contributed by atoms with van der Waals surface area (Å²) in [6.07, 6.45) is 2.53. The second-order valence-electron chi connectivity index (χ2n) is 8.15. The number of aromatic nitrogens is 2. The van der Waals surface area contributed by atoms with Crippen molar-refractivity contribution in [3.8, 4) is 5.75 Å². The lowest BCUT2D eigenvalue weighted by Crippen LogP contribution is -2.23. The Morgan fingerprint density at radius 1 is 1.12 bits per heavy atom. The third kappa shape index (κ3) is 5.40. The summed E-state index contributed by atoms with van der Waals surface area (Å²) in [7, 11) is 0. The van der Waals surface area contributed by atoms with E-state index >= 15 is 0 Å². The Morgan fingerprint density at radius 2 is 1.91 bits per heavy atom. The van der Waals surface area contributed by atoms with Gasteiger partial charge < -0.3 is 4.74 Å². The second-order valence-corrected chi connectivity index (χ2v) is 9.06. The van der Waals surface area contributed by atoms with Gasteiger partial charge in [-0.1, -0.05) is 71.7 Å². The van der Waals surface area contributed by atoms with Gasteiger partial charge in [0, 0.05) is 10.4 Å². The van der Waals surface area contributed by atoms with Crippen molar-refractivity contribution in [2.45, 2.75) is 39.7 Å². The van der Waals surface area contributed by atoms with E-state index in [-0.39, 0.29) is 11.5 Å². The van der Waals surface area contributed by atoms with Gasteiger partial charge in [0.05, 0.1) is 17.1 Å². The molecule has 0 aliphatic carbocycles. The first kappa shape index (κ1) is 22.9. The zero-order chi connectivity index (χ0) is 23.4. The van der Waals surface area contributed by atoms with Crippen LogP contribution in [0.2, 0.25) is 0 Å². The number of benzene rings is 3. The van der Waals surface area contributed by atoms with Gasteiger partial charge in [0.25, 0.3) is 5.56 Å². The van der Waals surface area contributed by atoms with Crippen LogP contribution in [0.3, 0.4) is 0 Å². The van der Waals surface area contributed by atoms with Crippen LogP contribution in [0.4, 0.5) is 0 Å². The molecule has 0 N–H and O–H groups in total. The summed E-state index contributed by atoms with van der Waals surface area (Å²) in [5, 5.41) is 5.07. The van der Waals surface area contributed by atoms with E-state index in [1.165, 1.54) is 10.2 Å². The number of hydrogen-bond acceptors (Lipinski definition) is 4. The Kier molecular flexibility index (Phi) is 7.04.